The fraction of sp³-hybridized carbons (Fsp3) is 0.273. The minimum atomic E-state index is -0.985. The Bertz CT molecular complexity index is 1100. The molecule has 0 aliphatic carbocycles. The van der Waals surface area contributed by atoms with E-state index in [1.54, 1.807) is 14.1 Å². The molecule has 1 aliphatic heterocycles. The number of carbonyl (C=O) groups excluding carboxylic acids is 2. The van der Waals surface area contributed by atoms with Crippen molar-refractivity contribution in [3.8, 4) is 5.75 Å². The number of carbonyl (C=O) groups is 2. The zero-order valence-corrected chi connectivity index (χ0v) is 17.7. The van der Waals surface area contributed by atoms with Crippen LogP contribution in [-0.2, 0) is 9.59 Å². The molecule has 1 atom stereocenters. The minimum Gasteiger partial charge on any atom is -0.507 e. The second kappa shape index (κ2) is 9.15. The molecule has 3 rings (SSSR count). The number of benzene rings is 2. The Morgan fingerprint density at radius 1 is 1.22 bits per heavy atom. The number of nitrogens with zero attached hydrogens (tertiary/aromatic N) is 3. The summed E-state index contributed by atoms with van der Waals surface area (Å²) in [5.41, 5.74) is 0.0355. The van der Waals surface area contributed by atoms with Crippen molar-refractivity contribution in [2.75, 3.05) is 34.3 Å². The third-order valence-electron chi connectivity index (χ3n) is 5.17. The fourth-order valence-electron chi connectivity index (χ4n) is 3.51. The number of hydrogen-bond donors (Lipinski definition) is 1. The molecule has 10 heteroatoms. The van der Waals surface area contributed by atoms with Gasteiger partial charge in [0.05, 0.1) is 23.6 Å². The lowest BCUT2D eigenvalue weighted by Crippen LogP contribution is -2.35. The Hall–Kier alpha value is -3.79. The van der Waals surface area contributed by atoms with Gasteiger partial charge in [-0.25, -0.2) is 4.39 Å². The molecule has 1 saturated heterocycles. The lowest BCUT2D eigenvalue weighted by Gasteiger charge is -2.26. The number of non-ortho nitro benzene ring substituents is 1. The topological polar surface area (TPSA) is 113 Å². The van der Waals surface area contributed by atoms with Crippen LogP contribution in [0.4, 0.5) is 10.1 Å². The number of nitro benzene ring substituents is 1. The Labute approximate surface area is 183 Å². The van der Waals surface area contributed by atoms with Crippen LogP contribution in [0.15, 0.2) is 48.0 Å². The number of amides is 1. The van der Waals surface area contributed by atoms with Gasteiger partial charge in [-0.05, 0) is 50.0 Å². The van der Waals surface area contributed by atoms with Crippen LogP contribution in [0.5, 0.6) is 5.75 Å². The molecule has 1 N–H and O–H groups in total. The van der Waals surface area contributed by atoms with E-state index in [1.165, 1.54) is 48.4 Å². The summed E-state index contributed by atoms with van der Waals surface area (Å²) in [6, 6.07) is 8.07. The first-order valence-electron chi connectivity index (χ1n) is 9.67. The minimum absolute atomic E-state index is 0.000760. The molecule has 0 bridgehead atoms. The van der Waals surface area contributed by atoms with Crippen molar-refractivity contribution in [2.45, 2.75) is 6.04 Å². The molecule has 1 heterocycles. The van der Waals surface area contributed by atoms with Crippen molar-refractivity contribution >= 4 is 23.1 Å². The summed E-state index contributed by atoms with van der Waals surface area (Å²) in [5, 5.41) is 21.9. The van der Waals surface area contributed by atoms with Crippen molar-refractivity contribution in [2.24, 2.45) is 0 Å². The van der Waals surface area contributed by atoms with E-state index in [1.807, 2.05) is 4.90 Å². The van der Waals surface area contributed by atoms with Crippen LogP contribution in [0.25, 0.3) is 5.76 Å². The van der Waals surface area contributed by atoms with Crippen molar-refractivity contribution in [1.29, 1.82) is 0 Å². The summed E-state index contributed by atoms with van der Waals surface area (Å²) >= 11 is 0. The van der Waals surface area contributed by atoms with Crippen LogP contribution in [0.1, 0.15) is 17.2 Å². The number of methoxy groups -OCH3 is 1. The smallest absolute Gasteiger partial charge is 0.295 e. The molecule has 0 saturated carbocycles. The highest BCUT2D eigenvalue weighted by molar-refractivity contribution is 6.46. The molecule has 0 radical (unpaired) electrons. The molecular formula is C22H22FN3O6. The van der Waals surface area contributed by atoms with E-state index in [4.69, 9.17) is 4.74 Å². The highest BCUT2D eigenvalue weighted by Crippen LogP contribution is 2.40. The van der Waals surface area contributed by atoms with Crippen LogP contribution < -0.4 is 4.74 Å². The highest BCUT2D eigenvalue weighted by Gasteiger charge is 2.46. The van der Waals surface area contributed by atoms with Crippen LogP contribution in [0.3, 0.4) is 0 Å². The van der Waals surface area contributed by atoms with E-state index in [0.29, 0.717) is 12.1 Å². The number of nitro groups is 1. The van der Waals surface area contributed by atoms with Crippen LogP contribution >= 0.6 is 0 Å². The molecule has 1 aliphatic rings. The zero-order chi connectivity index (χ0) is 23.6. The van der Waals surface area contributed by atoms with E-state index in [9.17, 15) is 29.2 Å². The number of aliphatic hydroxyl groups is 1. The van der Waals surface area contributed by atoms with Gasteiger partial charge in [0.25, 0.3) is 17.4 Å². The van der Waals surface area contributed by atoms with Gasteiger partial charge in [-0.3, -0.25) is 19.7 Å². The average Bonchev–Trinajstić information content (AvgIpc) is 3.01. The zero-order valence-electron chi connectivity index (χ0n) is 17.7. The molecule has 1 unspecified atom stereocenters. The molecular weight excluding hydrogens is 421 g/mol. The predicted molar refractivity (Wildman–Crippen MR) is 114 cm³/mol. The molecule has 1 fully saturated rings. The van der Waals surface area contributed by atoms with E-state index < -0.39 is 34.2 Å². The molecule has 2 aromatic carbocycles. The van der Waals surface area contributed by atoms with Gasteiger partial charge in [-0.1, -0.05) is 0 Å². The van der Waals surface area contributed by atoms with E-state index in [2.05, 4.69) is 0 Å². The average molecular weight is 443 g/mol. The van der Waals surface area contributed by atoms with Gasteiger partial charge in [-0.15, -0.1) is 0 Å². The quantitative estimate of drug-likeness (QED) is 0.230. The summed E-state index contributed by atoms with van der Waals surface area (Å²) < 4.78 is 19.1. The number of ketones is 1. The number of rotatable bonds is 7. The maximum Gasteiger partial charge on any atom is 0.295 e. The third-order valence-corrected chi connectivity index (χ3v) is 5.17. The van der Waals surface area contributed by atoms with Crippen LogP contribution in [-0.4, -0.2) is 65.8 Å². The summed E-state index contributed by atoms with van der Waals surface area (Å²) in [4.78, 5) is 39.3. The second-order valence-electron chi connectivity index (χ2n) is 7.49. The Balaban J connectivity index is 2.15. The lowest BCUT2D eigenvalue weighted by atomic mass is 9.95. The molecule has 32 heavy (non-hydrogen) atoms. The molecule has 9 nitrogen and oxygen atoms in total. The predicted octanol–water partition coefficient (Wildman–Crippen LogP) is 2.73. The first kappa shape index (κ1) is 22.9. The third kappa shape index (κ3) is 4.30. The number of ether oxygens (including phenoxy) is 1. The SMILES string of the molecule is COc1ccc(C(O)=C2C(=O)C(=O)N(CCN(C)C)C2c2ccc([N+](=O)[O-])cc2)cc1F. The molecule has 168 valence electrons. The largest absolute Gasteiger partial charge is 0.507 e. The number of Topliss-reactive ketones (excluding diaryl/α,β-unsaturated/α-hetero) is 1. The Morgan fingerprint density at radius 3 is 2.41 bits per heavy atom. The summed E-state index contributed by atoms with van der Waals surface area (Å²) in [6.45, 7) is 0.612. The highest BCUT2D eigenvalue weighted by atomic mass is 19.1. The maximum atomic E-state index is 14.2. The van der Waals surface area contributed by atoms with Crippen LogP contribution in [0.2, 0.25) is 0 Å². The van der Waals surface area contributed by atoms with Gasteiger partial charge in [0.1, 0.15) is 5.76 Å². The monoisotopic (exact) mass is 443 g/mol. The standard InChI is InChI=1S/C22H22FN3O6/c1-24(2)10-11-25-19(13-4-7-15(8-5-13)26(30)31)18(21(28)22(25)29)20(27)14-6-9-17(32-3)16(23)12-14/h4-9,12,19,27H,10-11H2,1-3H3. The first-order valence-corrected chi connectivity index (χ1v) is 9.67. The van der Waals surface area contributed by atoms with Gasteiger partial charge in [0, 0.05) is 30.8 Å². The van der Waals surface area contributed by atoms with Gasteiger partial charge < -0.3 is 19.6 Å². The molecule has 0 aromatic heterocycles. The second-order valence-corrected chi connectivity index (χ2v) is 7.49. The lowest BCUT2D eigenvalue weighted by molar-refractivity contribution is -0.384. The summed E-state index contributed by atoms with van der Waals surface area (Å²) in [6.07, 6.45) is 0. The van der Waals surface area contributed by atoms with Gasteiger partial charge in [-0.2, -0.15) is 0 Å². The van der Waals surface area contributed by atoms with Crippen LogP contribution in [0, 0.1) is 15.9 Å². The van der Waals surface area contributed by atoms with Crippen molar-refractivity contribution in [3.63, 3.8) is 0 Å². The molecule has 1 amide bonds. The Morgan fingerprint density at radius 2 is 1.88 bits per heavy atom. The first-order chi connectivity index (χ1) is 15.1. The van der Waals surface area contributed by atoms with Crippen molar-refractivity contribution < 1.29 is 28.7 Å². The number of hydrogen-bond acceptors (Lipinski definition) is 7. The van der Waals surface area contributed by atoms with E-state index >= 15 is 0 Å². The van der Waals surface area contributed by atoms with E-state index in [-0.39, 0.29) is 29.1 Å². The maximum absolute atomic E-state index is 14.2. The number of aliphatic hydroxyl groups excluding tert-OH is 1. The normalized spacial score (nSPS) is 17.8. The van der Waals surface area contributed by atoms with Crippen molar-refractivity contribution in [3.05, 3.63) is 75.1 Å². The number of halogens is 1. The van der Waals surface area contributed by atoms with Gasteiger partial charge >= 0.3 is 0 Å². The fourth-order valence-corrected chi connectivity index (χ4v) is 3.51. The van der Waals surface area contributed by atoms with Gasteiger partial charge in [0.2, 0.25) is 0 Å². The van der Waals surface area contributed by atoms with Crippen molar-refractivity contribution in [1.82, 2.24) is 9.80 Å². The molecule has 2 aromatic rings. The Kier molecular flexibility index (Phi) is 6.54. The summed E-state index contributed by atoms with van der Waals surface area (Å²) in [7, 11) is 4.90. The number of likely N-dealkylation sites (N-methyl/N-ethyl adjacent to an activating group) is 1. The van der Waals surface area contributed by atoms with E-state index in [0.717, 1.165) is 6.07 Å². The molecule has 0 spiro atoms. The summed E-state index contributed by atoms with van der Waals surface area (Å²) in [5.74, 6) is -3.06. The number of likely N-dealkylation sites (tertiary alicyclic amines) is 1. The van der Waals surface area contributed by atoms with Gasteiger partial charge in [0.15, 0.2) is 11.6 Å².